The fourth-order valence-electron chi connectivity index (χ4n) is 2.87. The maximum atomic E-state index is 12.6. The molecule has 1 aliphatic rings. The van der Waals surface area contributed by atoms with Crippen LogP contribution in [-0.2, 0) is 27.4 Å². The normalized spacial score (nSPS) is 17.5. The molecule has 1 aliphatic heterocycles. The van der Waals surface area contributed by atoms with E-state index in [2.05, 4.69) is 30.1 Å². The Kier molecular flexibility index (Phi) is 6.49. The van der Waals surface area contributed by atoms with Crippen molar-refractivity contribution in [3.05, 3.63) is 17.0 Å². The van der Waals surface area contributed by atoms with Crippen LogP contribution in [0.2, 0.25) is 25.7 Å². The Hall–Kier alpha value is -1.71. The van der Waals surface area contributed by atoms with Gasteiger partial charge in [0.25, 0.3) is 0 Å². The van der Waals surface area contributed by atoms with Crippen molar-refractivity contribution in [2.45, 2.75) is 71.3 Å². The monoisotopic (exact) mass is 397 g/mol. The fourth-order valence-corrected chi connectivity index (χ4v) is 3.63. The molecule has 0 saturated carbocycles. The molecule has 0 fully saturated rings. The molecule has 0 aliphatic carbocycles. The van der Waals surface area contributed by atoms with Crippen molar-refractivity contribution < 1.29 is 24.2 Å². The highest BCUT2D eigenvalue weighted by atomic mass is 28.3. The topological polar surface area (TPSA) is 103 Å². The number of esters is 1. The second kappa shape index (κ2) is 8.11. The Bertz CT molecular complexity index is 703. The van der Waals surface area contributed by atoms with Crippen LogP contribution in [-0.4, -0.2) is 53.7 Å². The summed E-state index contributed by atoms with van der Waals surface area (Å²) in [5.74, 6) is -1.66. The lowest BCUT2D eigenvalue weighted by molar-refractivity contribution is -0.157. The molecule has 0 spiro atoms. The van der Waals surface area contributed by atoms with Crippen LogP contribution in [0.3, 0.4) is 0 Å². The van der Waals surface area contributed by atoms with Crippen LogP contribution in [0.5, 0.6) is 0 Å². The molecule has 1 unspecified atom stereocenters. The Morgan fingerprint density at radius 1 is 1.33 bits per heavy atom. The van der Waals surface area contributed by atoms with Crippen molar-refractivity contribution in [1.82, 2.24) is 15.1 Å². The number of fused-ring (bicyclic) bond motifs is 1. The SMILES string of the molecule is CC(C)(C)OC(=O)C1NCCc2c1c(C(=O)O)nn2COCC[Si](C)(C)C. The molecule has 1 aromatic rings. The first-order valence-corrected chi connectivity index (χ1v) is 13.0. The third-order valence-corrected chi connectivity index (χ3v) is 5.86. The maximum absolute atomic E-state index is 12.6. The van der Waals surface area contributed by atoms with Gasteiger partial charge in [0, 0.05) is 38.9 Å². The predicted octanol–water partition coefficient (Wildman–Crippen LogP) is 2.42. The van der Waals surface area contributed by atoms with Crippen LogP contribution >= 0.6 is 0 Å². The minimum Gasteiger partial charge on any atom is -0.476 e. The van der Waals surface area contributed by atoms with Gasteiger partial charge in [-0.25, -0.2) is 14.3 Å². The van der Waals surface area contributed by atoms with Gasteiger partial charge in [0.15, 0.2) is 5.69 Å². The highest BCUT2D eigenvalue weighted by Crippen LogP contribution is 2.29. The van der Waals surface area contributed by atoms with Gasteiger partial charge in [-0.1, -0.05) is 19.6 Å². The minimum atomic E-state index is -1.21. The number of carboxylic acids is 1. The van der Waals surface area contributed by atoms with Gasteiger partial charge in [-0.05, 0) is 26.8 Å². The van der Waals surface area contributed by atoms with Gasteiger partial charge in [0.05, 0.1) is 0 Å². The maximum Gasteiger partial charge on any atom is 0.356 e. The van der Waals surface area contributed by atoms with Crippen LogP contribution in [0.15, 0.2) is 0 Å². The van der Waals surface area contributed by atoms with Crippen LogP contribution in [0, 0.1) is 0 Å². The molecular weight excluding hydrogens is 366 g/mol. The molecular formula is C18H31N3O5Si. The number of nitrogens with one attached hydrogen (secondary N) is 1. The standard InChI is InChI=1S/C18H31N3O5Si/c1-18(2,3)26-17(24)15-13-12(7-8-19-15)21(20-14(13)16(22)23)11-25-9-10-27(4,5)6/h15,19H,7-11H2,1-6H3,(H,22,23). The van der Waals surface area contributed by atoms with Crippen molar-refractivity contribution in [2.75, 3.05) is 13.2 Å². The Morgan fingerprint density at radius 3 is 2.56 bits per heavy atom. The number of carbonyl (C=O) groups excluding carboxylic acids is 1. The first-order chi connectivity index (χ1) is 12.4. The third-order valence-electron chi connectivity index (χ3n) is 4.15. The highest BCUT2D eigenvalue weighted by molar-refractivity contribution is 6.76. The summed E-state index contributed by atoms with van der Waals surface area (Å²) < 4.78 is 12.8. The largest absolute Gasteiger partial charge is 0.476 e. The molecule has 9 heteroatoms. The zero-order valence-corrected chi connectivity index (χ0v) is 18.1. The number of nitrogens with zero attached hydrogens (tertiary/aromatic N) is 2. The molecule has 1 atom stereocenters. The van der Waals surface area contributed by atoms with E-state index in [1.54, 1.807) is 25.5 Å². The van der Waals surface area contributed by atoms with Gasteiger partial charge >= 0.3 is 11.9 Å². The van der Waals surface area contributed by atoms with Crippen molar-refractivity contribution in [3.63, 3.8) is 0 Å². The molecule has 0 saturated heterocycles. The molecule has 8 nitrogen and oxygen atoms in total. The molecule has 152 valence electrons. The molecule has 0 bridgehead atoms. The number of hydrogen-bond acceptors (Lipinski definition) is 6. The van der Waals surface area contributed by atoms with Crippen LogP contribution in [0.1, 0.15) is 48.6 Å². The summed E-state index contributed by atoms with van der Waals surface area (Å²) in [4.78, 5) is 24.3. The van der Waals surface area contributed by atoms with Crippen LogP contribution in [0.25, 0.3) is 0 Å². The zero-order chi connectivity index (χ0) is 20.4. The summed E-state index contributed by atoms with van der Waals surface area (Å²) in [6.45, 7) is 13.5. The zero-order valence-electron chi connectivity index (χ0n) is 17.1. The summed E-state index contributed by atoms with van der Waals surface area (Å²) in [6.07, 6.45) is 0.576. The molecule has 27 heavy (non-hydrogen) atoms. The van der Waals surface area contributed by atoms with E-state index in [1.165, 1.54) is 0 Å². The predicted molar refractivity (Wildman–Crippen MR) is 104 cm³/mol. The number of carbonyl (C=O) groups is 2. The number of aromatic nitrogens is 2. The summed E-state index contributed by atoms with van der Waals surface area (Å²) in [5, 5.41) is 16.9. The molecule has 2 rings (SSSR count). The quantitative estimate of drug-likeness (QED) is 0.414. The van der Waals surface area contributed by atoms with Gasteiger partial charge < -0.3 is 19.9 Å². The molecule has 2 heterocycles. The molecule has 0 aromatic carbocycles. The van der Waals surface area contributed by atoms with Crippen molar-refractivity contribution in [3.8, 4) is 0 Å². The summed E-state index contributed by atoms with van der Waals surface area (Å²) in [7, 11) is -1.21. The first-order valence-electron chi connectivity index (χ1n) is 9.26. The molecule has 1 aromatic heterocycles. The van der Waals surface area contributed by atoms with E-state index < -0.39 is 31.7 Å². The van der Waals surface area contributed by atoms with Gasteiger partial charge in [-0.15, -0.1) is 0 Å². The van der Waals surface area contributed by atoms with E-state index in [-0.39, 0.29) is 12.4 Å². The first kappa shape index (κ1) is 21.6. The van der Waals surface area contributed by atoms with E-state index in [0.29, 0.717) is 25.1 Å². The lowest BCUT2D eigenvalue weighted by Crippen LogP contribution is -2.40. The van der Waals surface area contributed by atoms with Crippen LogP contribution < -0.4 is 5.32 Å². The molecule has 0 amide bonds. The summed E-state index contributed by atoms with van der Waals surface area (Å²) >= 11 is 0. The van der Waals surface area contributed by atoms with E-state index >= 15 is 0 Å². The molecule has 2 N–H and O–H groups in total. The second-order valence-corrected chi connectivity index (χ2v) is 14.7. The number of hydrogen-bond donors (Lipinski definition) is 2. The van der Waals surface area contributed by atoms with Gasteiger partial charge in [-0.2, -0.15) is 5.10 Å². The number of rotatable bonds is 7. The van der Waals surface area contributed by atoms with E-state index in [0.717, 1.165) is 11.7 Å². The number of ether oxygens (including phenoxy) is 2. The van der Waals surface area contributed by atoms with Crippen molar-refractivity contribution in [1.29, 1.82) is 0 Å². The number of aromatic carboxylic acids is 1. The van der Waals surface area contributed by atoms with Gasteiger partial charge in [-0.3, -0.25) is 0 Å². The van der Waals surface area contributed by atoms with Crippen molar-refractivity contribution in [2.24, 2.45) is 0 Å². The third kappa shape index (κ3) is 5.88. The Labute approximate surface area is 161 Å². The fraction of sp³-hybridized carbons (Fsp3) is 0.722. The smallest absolute Gasteiger partial charge is 0.356 e. The highest BCUT2D eigenvalue weighted by Gasteiger charge is 2.37. The van der Waals surface area contributed by atoms with E-state index in [4.69, 9.17) is 9.47 Å². The van der Waals surface area contributed by atoms with E-state index in [9.17, 15) is 14.7 Å². The second-order valence-electron chi connectivity index (χ2n) is 9.03. The lowest BCUT2D eigenvalue weighted by Gasteiger charge is -2.27. The average molecular weight is 398 g/mol. The van der Waals surface area contributed by atoms with Crippen molar-refractivity contribution >= 4 is 20.0 Å². The summed E-state index contributed by atoms with van der Waals surface area (Å²) in [5.41, 5.74) is 0.323. The van der Waals surface area contributed by atoms with Gasteiger partial charge in [0.2, 0.25) is 0 Å². The van der Waals surface area contributed by atoms with Gasteiger partial charge in [0.1, 0.15) is 18.4 Å². The lowest BCUT2D eigenvalue weighted by atomic mass is 9.98. The van der Waals surface area contributed by atoms with Crippen LogP contribution in [0.4, 0.5) is 0 Å². The average Bonchev–Trinajstić information content (AvgIpc) is 2.88. The number of carboxylic acid groups (broad SMARTS) is 1. The Balaban J connectivity index is 2.24. The minimum absolute atomic E-state index is 0.123. The Morgan fingerprint density at radius 2 is 2.00 bits per heavy atom. The summed E-state index contributed by atoms with van der Waals surface area (Å²) in [6, 6.07) is 0.180. The van der Waals surface area contributed by atoms with E-state index in [1.807, 2.05) is 0 Å². The molecule has 0 radical (unpaired) electrons.